The number of carboxylic acid groups (broad SMARTS) is 1. The van der Waals surface area contributed by atoms with Crippen molar-refractivity contribution in [3.8, 4) is 0 Å². The molecule has 0 saturated heterocycles. The third-order valence-corrected chi connectivity index (χ3v) is 3.49. The molecule has 0 unspecified atom stereocenters. The lowest BCUT2D eigenvalue weighted by molar-refractivity contribution is -0.137. The van der Waals surface area contributed by atoms with Crippen molar-refractivity contribution < 1.29 is 9.90 Å². The molecule has 0 saturated carbocycles. The molecule has 0 aliphatic heterocycles. The summed E-state index contributed by atoms with van der Waals surface area (Å²) >= 11 is 0. The van der Waals surface area contributed by atoms with Crippen molar-refractivity contribution in [2.24, 2.45) is 0 Å². The fourth-order valence-corrected chi connectivity index (χ4v) is 2.19. The van der Waals surface area contributed by atoms with Gasteiger partial charge in [-0.25, -0.2) is 0 Å². The average Bonchev–Trinajstić information content (AvgIpc) is 2.50. The quantitative estimate of drug-likeness (QED) is 0.279. The van der Waals surface area contributed by atoms with Gasteiger partial charge in [0.05, 0.1) is 0 Å². The maximum absolute atomic E-state index is 10.3. The van der Waals surface area contributed by atoms with E-state index in [2.05, 4.69) is 43.4 Å². The molecule has 2 heteroatoms. The van der Waals surface area contributed by atoms with Crippen LogP contribution in [-0.2, 0) is 4.79 Å². The van der Waals surface area contributed by atoms with Crippen molar-refractivity contribution in [1.29, 1.82) is 0 Å². The van der Waals surface area contributed by atoms with Gasteiger partial charge in [-0.1, -0.05) is 49.8 Å². The zero-order valence-electron chi connectivity index (χ0n) is 14.3. The van der Waals surface area contributed by atoms with Crippen LogP contribution in [0.5, 0.6) is 0 Å². The molecular formula is C20H34O2. The molecule has 0 aromatic heterocycles. The van der Waals surface area contributed by atoms with E-state index in [-0.39, 0.29) is 0 Å². The standard InChI is InChI=1S/C20H34O2/c1-2-3-4-5-6-7-8-9-10-11-12-13-14-15-16-17-18-19-20(21)22/h3-4,7-8,14-15H,2,5-6,9-13,16-19H2,1H3,(H,21,22)/b4-3+,8-7+,15-14+. The molecule has 2 nitrogen and oxygen atoms in total. The second-order valence-corrected chi connectivity index (χ2v) is 5.68. The molecule has 0 aliphatic rings. The van der Waals surface area contributed by atoms with Crippen LogP contribution in [0.3, 0.4) is 0 Å². The molecule has 0 amide bonds. The summed E-state index contributed by atoms with van der Waals surface area (Å²) in [6, 6.07) is 0. The monoisotopic (exact) mass is 306 g/mol. The van der Waals surface area contributed by atoms with Crippen LogP contribution in [0.15, 0.2) is 36.5 Å². The molecule has 0 fully saturated rings. The predicted octanol–water partition coefficient (Wildman–Crippen LogP) is 6.44. The number of hydrogen-bond donors (Lipinski definition) is 1. The minimum absolute atomic E-state index is 0.302. The van der Waals surface area contributed by atoms with E-state index in [9.17, 15) is 4.79 Å². The summed E-state index contributed by atoms with van der Waals surface area (Å²) < 4.78 is 0. The van der Waals surface area contributed by atoms with Crippen LogP contribution in [-0.4, -0.2) is 11.1 Å². The summed E-state index contributed by atoms with van der Waals surface area (Å²) in [7, 11) is 0. The van der Waals surface area contributed by atoms with Gasteiger partial charge in [-0.3, -0.25) is 4.79 Å². The van der Waals surface area contributed by atoms with E-state index in [4.69, 9.17) is 5.11 Å². The molecule has 22 heavy (non-hydrogen) atoms. The van der Waals surface area contributed by atoms with Crippen molar-refractivity contribution in [2.45, 2.75) is 84.0 Å². The molecule has 0 spiro atoms. The number of unbranched alkanes of at least 4 members (excludes halogenated alkanes) is 7. The number of carboxylic acids is 1. The van der Waals surface area contributed by atoms with E-state index < -0.39 is 5.97 Å². The average molecular weight is 306 g/mol. The number of hydrogen-bond acceptors (Lipinski definition) is 1. The highest BCUT2D eigenvalue weighted by Gasteiger charge is 1.94. The maximum Gasteiger partial charge on any atom is 0.303 e. The van der Waals surface area contributed by atoms with E-state index in [1.165, 1.54) is 38.5 Å². The maximum atomic E-state index is 10.3. The Bertz CT molecular complexity index is 327. The summed E-state index contributed by atoms with van der Waals surface area (Å²) in [5, 5.41) is 8.51. The van der Waals surface area contributed by atoms with Crippen molar-refractivity contribution in [3.63, 3.8) is 0 Å². The Morgan fingerprint density at radius 1 is 0.682 bits per heavy atom. The van der Waals surface area contributed by atoms with Crippen LogP contribution in [0.4, 0.5) is 0 Å². The zero-order chi connectivity index (χ0) is 16.3. The van der Waals surface area contributed by atoms with Crippen molar-refractivity contribution in [3.05, 3.63) is 36.5 Å². The topological polar surface area (TPSA) is 37.3 Å². The number of carbonyl (C=O) groups is 1. The molecule has 0 aromatic rings. The summed E-state index contributed by atoms with van der Waals surface area (Å²) in [5.74, 6) is -0.685. The van der Waals surface area contributed by atoms with Gasteiger partial charge < -0.3 is 5.11 Å². The lowest BCUT2D eigenvalue weighted by Gasteiger charge is -1.96. The van der Waals surface area contributed by atoms with E-state index in [0.717, 1.165) is 32.1 Å². The Balaban J connectivity index is 3.20. The van der Waals surface area contributed by atoms with Crippen LogP contribution in [0.1, 0.15) is 84.0 Å². The van der Waals surface area contributed by atoms with Gasteiger partial charge >= 0.3 is 5.97 Å². The highest BCUT2D eigenvalue weighted by Crippen LogP contribution is 2.07. The zero-order valence-corrected chi connectivity index (χ0v) is 14.3. The Kier molecular flexibility index (Phi) is 16.7. The molecule has 0 aromatic carbocycles. The predicted molar refractivity (Wildman–Crippen MR) is 96.1 cm³/mol. The summed E-state index contributed by atoms with van der Waals surface area (Å²) in [6.45, 7) is 2.17. The summed E-state index contributed by atoms with van der Waals surface area (Å²) in [4.78, 5) is 10.3. The second kappa shape index (κ2) is 17.7. The number of rotatable bonds is 15. The molecule has 0 heterocycles. The summed E-state index contributed by atoms with van der Waals surface area (Å²) in [6.07, 6.45) is 26.3. The third kappa shape index (κ3) is 18.7. The Labute approximate surface area is 137 Å². The smallest absolute Gasteiger partial charge is 0.303 e. The van der Waals surface area contributed by atoms with Gasteiger partial charge in [-0.15, -0.1) is 0 Å². The van der Waals surface area contributed by atoms with Gasteiger partial charge in [-0.05, 0) is 64.2 Å². The van der Waals surface area contributed by atoms with Gasteiger partial charge in [0.1, 0.15) is 0 Å². The number of aliphatic carboxylic acids is 1. The first kappa shape index (κ1) is 20.7. The van der Waals surface area contributed by atoms with Gasteiger partial charge in [-0.2, -0.15) is 0 Å². The SMILES string of the molecule is CC/C=C/CC/C=C/CCCCC/C=C/CCCCC(=O)O. The highest BCUT2D eigenvalue weighted by atomic mass is 16.4. The molecule has 0 radical (unpaired) electrons. The fourth-order valence-electron chi connectivity index (χ4n) is 2.19. The molecule has 0 rings (SSSR count). The van der Waals surface area contributed by atoms with Gasteiger partial charge in [0.2, 0.25) is 0 Å². The lowest BCUT2D eigenvalue weighted by Crippen LogP contribution is -1.92. The normalized spacial score (nSPS) is 12.0. The summed E-state index contributed by atoms with van der Waals surface area (Å²) in [5.41, 5.74) is 0. The largest absolute Gasteiger partial charge is 0.481 e. The van der Waals surface area contributed by atoms with Gasteiger partial charge in [0.15, 0.2) is 0 Å². The molecule has 0 bridgehead atoms. The van der Waals surface area contributed by atoms with E-state index >= 15 is 0 Å². The van der Waals surface area contributed by atoms with Crippen molar-refractivity contribution in [1.82, 2.24) is 0 Å². The first-order chi connectivity index (χ1) is 10.8. The van der Waals surface area contributed by atoms with E-state index in [0.29, 0.717) is 6.42 Å². The third-order valence-electron chi connectivity index (χ3n) is 3.49. The Morgan fingerprint density at radius 3 is 1.64 bits per heavy atom. The molecular weight excluding hydrogens is 272 g/mol. The fraction of sp³-hybridized carbons (Fsp3) is 0.650. The van der Waals surface area contributed by atoms with Crippen molar-refractivity contribution in [2.75, 3.05) is 0 Å². The first-order valence-electron chi connectivity index (χ1n) is 8.94. The van der Waals surface area contributed by atoms with Crippen LogP contribution < -0.4 is 0 Å². The van der Waals surface area contributed by atoms with Gasteiger partial charge in [0, 0.05) is 6.42 Å². The molecule has 0 aliphatic carbocycles. The first-order valence-corrected chi connectivity index (χ1v) is 8.94. The van der Waals surface area contributed by atoms with Crippen LogP contribution in [0, 0.1) is 0 Å². The molecule has 1 N–H and O–H groups in total. The minimum atomic E-state index is -0.685. The van der Waals surface area contributed by atoms with Crippen molar-refractivity contribution >= 4 is 5.97 Å². The number of allylic oxidation sites excluding steroid dienone is 6. The minimum Gasteiger partial charge on any atom is -0.481 e. The molecule has 0 atom stereocenters. The van der Waals surface area contributed by atoms with Crippen LogP contribution >= 0.6 is 0 Å². The van der Waals surface area contributed by atoms with E-state index in [1.807, 2.05) is 0 Å². The Hall–Kier alpha value is -1.31. The van der Waals surface area contributed by atoms with Gasteiger partial charge in [0.25, 0.3) is 0 Å². The lowest BCUT2D eigenvalue weighted by atomic mass is 10.1. The van der Waals surface area contributed by atoms with Crippen LogP contribution in [0.25, 0.3) is 0 Å². The van der Waals surface area contributed by atoms with E-state index in [1.54, 1.807) is 0 Å². The Morgan fingerprint density at radius 2 is 1.14 bits per heavy atom. The highest BCUT2D eigenvalue weighted by molar-refractivity contribution is 5.66. The molecule has 126 valence electrons. The van der Waals surface area contributed by atoms with Crippen LogP contribution in [0.2, 0.25) is 0 Å². The second-order valence-electron chi connectivity index (χ2n) is 5.68.